The highest BCUT2D eigenvalue weighted by molar-refractivity contribution is 5.85. The van der Waals surface area contributed by atoms with Gasteiger partial charge >= 0.3 is 11.9 Å². The largest absolute Gasteiger partial charge is 0.480 e. The Hall–Kier alpha value is -0.810. The molecule has 1 aliphatic rings. The Labute approximate surface area is 88.2 Å². The minimum Gasteiger partial charge on any atom is -0.480 e. The van der Waals surface area contributed by atoms with Crippen molar-refractivity contribution in [2.24, 2.45) is 5.92 Å². The summed E-state index contributed by atoms with van der Waals surface area (Å²) in [6.45, 7) is 0.393. The molecule has 0 saturated carbocycles. The number of halogens is 1. The van der Waals surface area contributed by atoms with Crippen molar-refractivity contribution < 1.29 is 19.4 Å². The molecular formula is C8H14ClNO4. The summed E-state index contributed by atoms with van der Waals surface area (Å²) >= 11 is 0. The van der Waals surface area contributed by atoms with E-state index in [1.165, 1.54) is 7.11 Å². The van der Waals surface area contributed by atoms with E-state index in [2.05, 4.69) is 10.1 Å². The molecule has 2 atom stereocenters. The van der Waals surface area contributed by atoms with Crippen molar-refractivity contribution in [2.45, 2.75) is 18.9 Å². The lowest BCUT2D eigenvalue weighted by Gasteiger charge is -2.25. The molecule has 0 amide bonds. The predicted octanol–water partition coefficient (Wildman–Crippen LogP) is 0.0340. The molecule has 0 spiro atoms. The van der Waals surface area contributed by atoms with Crippen LogP contribution in [0.15, 0.2) is 0 Å². The molecule has 0 aromatic heterocycles. The molecule has 82 valence electrons. The molecule has 6 heteroatoms. The first-order valence-corrected chi connectivity index (χ1v) is 4.19. The van der Waals surface area contributed by atoms with Gasteiger partial charge in [0.15, 0.2) is 0 Å². The fraction of sp³-hybridized carbons (Fsp3) is 0.750. The summed E-state index contributed by atoms with van der Waals surface area (Å²) in [5, 5.41) is 11.4. The van der Waals surface area contributed by atoms with Gasteiger partial charge in [-0.1, -0.05) is 0 Å². The Morgan fingerprint density at radius 2 is 2.07 bits per heavy atom. The lowest BCUT2D eigenvalue weighted by atomic mass is 9.95. The quantitative estimate of drug-likeness (QED) is 0.647. The third kappa shape index (κ3) is 3.16. The van der Waals surface area contributed by atoms with E-state index in [1.54, 1.807) is 0 Å². The SMILES string of the molecule is COC(=O)C1CCC(C(=O)O)NC1.Cl. The van der Waals surface area contributed by atoms with Gasteiger partial charge in [0.25, 0.3) is 0 Å². The van der Waals surface area contributed by atoms with Crippen LogP contribution in [-0.4, -0.2) is 36.7 Å². The molecule has 2 N–H and O–H groups in total. The van der Waals surface area contributed by atoms with Crippen molar-refractivity contribution in [2.75, 3.05) is 13.7 Å². The zero-order chi connectivity index (χ0) is 9.84. The minimum absolute atomic E-state index is 0. The Balaban J connectivity index is 0.00000169. The van der Waals surface area contributed by atoms with Gasteiger partial charge in [-0.05, 0) is 12.8 Å². The van der Waals surface area contributed by atoms with Crippen molar-refractivity contribution >= 4 is 24.3 Å². The second-order valence-corrected chi connectivity index (χ2v) is 3.10. The molecule has 1 heterocycles. The number of carbonyl (C=O) groups excluding carboxylic acids is 1. The Morgan fingerprint density at radius 3 is 2.43 bits per heavy atom. The third-order valence-corrected chi connectivity index (χ3v) is 2.25. The Bertz CT molecular complexity index is 213. The molecule has 14 heavy (non-hydrogen) atoms. The van der Waals surface area contributed by atoms with Gasteiger partial charge in [-0.2, -0.15) is 0 Å². The molecule has 0 bridgehead atoms. The summed E-state index contributed by atoms with van der Waals surface area (Å²) in [6, 6.07) is -0.513. The van der Waals surface area contributed by atoms with Crippen LogP contribution in [0.5, 0.6) is 0 Å². The molecule has 1 aliphatic heterocycles. The number of hydrogen-bond donors (Lipinski definition) is 2. The van der Waals surface area contributed by atoms with Crippen LogP contribution in [-0.2, 0) is 14.3 Å². The fourth-order valence-corrected chi connectivity index (χ4v) is 1.44. The standard InChI is InChI=1S/C8H13NO4.ClH/c1-13-8(12)5-2-3-6(7(10)11)9-4-5;/h5-6,9H,2-4H2,1H3,(H,10,11);1H. The van der Waals surface area contributed by atoms with Crippen LogP contribution in [0.3, 0.4) is 0 Å². The monoisotopic (exact) mass is 223 g/mol. The van der Waals surface area contributed by atoms with Crippen molar-refractivity contribution in [3.05, 3.63) is 0 Å². The fourth-order valence-electron chi connectivity index (χ4n) is 1.44. The summed E-state index contributed by atoms with van der Waals surface area (Å²) in [7, 11) is 1.34. The molecule has 0 aromatic carbocycles. The summed E-state index contributed by atoms with van der Waals surface area (Å²) in [5.41, 5.74) is 0. The van der Waals surface area contributed by atoms with Crippen molar-refractivity contribution in [1.82, 2.24) is 5.32 Å². The lowest BCUT2D eigenvalue weighted by Crippen LogP contribution is -2.46. The van der Waals surface area contributed by atoms with Crippen molar-refractivity contribution in [3.8, 4) is 0 Å². The van der Waals surface area contributed by atoms with Gasteiger partial charge in [0, 0.05) is 6.54 Å². The van der Waals surface area contributed by atoms with Gasteiger partial charge in [-0.25, -0.2) is 0 Å². The number of nitrogens with one attached hydrogen (secondary N) is 1. The van der Waals surface area contributed by atoms with Gasteiger partial charge in [0.1, 0.15) is 6.04 Å². The number of rotatable bonds is 2. The number of hydrogen-bond acceptors (Lipinski definition) is 4. The number of piperidine rings is 1. The van der Waals surface area contributed by atoms with Crippen LogP contribution in [0.1, 0.15) is 12.8 Å². The molecule has 0 radical (unpaired) electrons. The van der Waals surface area contributed by atoms with E-state index in [0.717, 1.165) is 0 Å². The van der Waals surface area contributed by atoms with Gasteiger partial charge in [-0.3, -0.25) is 9.59 Å². The second-order valence-electron chi connectivity index (χ2n) is 3.10. The highest BCUT2D eigenvalue weighted by Crippen LogP contribution is 2.15. The summed E-state index contributed by atoms with van der Waals surface area (Å²) in [4.78, 5) is 21.6. The number of carboxylic acids is 1. The number of aliphatic carboxylic acids is 1. The van der Waals surface area contributed by atoms with E-state index in [4.69, 9.17) is 5.11 Å². The van der Waals surface area contributed by atoms with Gasteiger partial charge < -0.3 is 15.2 Å². The zero-order valence-corrected chi connectivity index (χ0v) is 8.67. The smallest absolute Gasteiger partial charge is 0.320 e. The Morgan fingerprint density at radius 1 is 1.43 bits per heavy atom. The number of methoxy groups -OCH3 is 1. The van der Waals surface area contributed by atoms with Crippen LogP contribution in [0, 0.1) is 5.92 Å². The number of carboxylic acid groups (broad SMARTS) is 1. The molecule has 2 unspecified atom stereocenters. The maximum atomic E-state index is 11.0. The maximum absolute atomic E-state index is 11.0. The first-order chi connectivity index (χ1) is 6.15. The summed E-state index contributed by atoms with van der Waals surface area (Å²) in [5.74, 6) is -1.32. The molecule has 0 aromatic rings. The normalized spacial score (nSPS) is 26.1. The highest BCUT2D eigenvalue weighted by Gasteiger charge is 2.29. The van der Waals surface area contributed by atoms with Crippen LogP contribution >= 0.6 is 12.4 Å². The molecule has 1 rings (SSSR count). The average molecular weight is 224 g/mol. The van der Waals surface area contributed by atoms with Gasteiger partial charge in [0.2, 0.25) is 0 Å². The first kappa shape index (κ1) is 13.2. The lowest BCUT2D eigenvalue weighted by molar-refractivity contribution is -0.148. The predicted molar refractivity (Wildman–Crippen MR) is 51.4 cm³/mol. The number of carbonyl (C=O) groups is 2. The van der Waals surface area contributed by atoms with Crippen LogP contribution < -0.4 is 5.32 Å². The van der Waals surface area contributed by atoms with E-state index in [0.29, 0.717) is 19.4 Å². The maximum Gasteiger partial charge on any atom is 0.320 e. The van der Waals surface area contributed by atoms with E-state index < -0.39 is 12.0 Å². The van der Waals surface area contributed by atoms with Crippen LogP contribution in [0.2, 0.25) is 0 Å². The van der Waals surface area contributed by atoms with Crippen LogP contribution in [0.4, 0.5) is 0 Å². The molecule has 5 nitrogen and oxygen atoms in total. The Kier molecular flexibility index (Phi) is 5.49. The van der Waals surface area contributed by atoms with Crippen molar-refractivity contribution in [3.63, 3.8) is 0 Å². The average Bonchev–Trinajstić information content (AvgIpc) is 2.17. The summed E-state index contributed by atoms with van der Waals surface area (Å²) < 4.78 is 4.56. The summed E-state index contributed by atoms with van der Waals surface area (Å²) in [6.07, 6.45) is 1.06. The van der Waals surface area contributed by atoms with E-state index in [9.17, 15) is 9.59 Å². The molecule has 1 fully saturated rings. The van der Waals surface area contributed by atoms with E-state index in [-0.39, 0.29) is 24.3 Å². The zero-order valence-electron chi connectivity index (χ0n) is 7.86. The van der Waals surface area contributed by atoms with Gasteiger partial charge in [-0.15, -0.1) is 12.4 Å². The van der Waals surface area contributed by atoms with Crippen molar-refractivity contribution in [1.29, 1.82) is 0 Å². The van der Waals surface area contributed by atoms with Gasteiger partial charge in [0.05, 0.1) is 13.0 Å². The number of ether oxygens (including phenoxy) is 1. The number of esters is 1. The minimum atomic E-state index is -0.858. The topological polar surface area (TPSA) is 75.6 Å². The first-order valence-electron chi connectivity index (χ1n) is 4.19. The van der Waals surface area contributed by atoms with Crippen LogP contribution in [0.25, 0.3) is 0 Å². The molecule has 1 saturated heterocycles. The molecule has 0 aliphatic carbocycles. The third-order valence-electron chi connectivity index (χ3n) is 2.25. The highest BCUT2D eigenvalue weighted by atomic mass is 35.5. The molecular weight excluding hydrogens is 210 g/mol. The van der Waals surface area contributed by atoms with E-state index >= 15 is 0 Å². The second kappa shape index (κ2) is 5.82. The van der Waals surface area contributed by atoms with E-state index in [1.807, 2.05) is 0 Å².